The van der Waals surface area contributed by atoms with Crippen molar-refractivity contribution in [3.8, 4) is 0 Å². The third-order valence-electron chi connectivity index (χ3n) is 4.91. The summed E-state index contributed by atoms with van der Waals surface area (Å²) in [6.07, 6.45) is 7.04. The number of carbonyl (C=O) groups is 1. The van der Waals surface area contributed by atoms with E-state index in [1.807, 2.05) is 6.92 Å². The Morgan fingerprint density at radius 1 is 1.23 bits per heavy atom. The van der Waals surface area contributed by atoms with Gasteiger partial charge in [0.05, 0.1) is 0 Å². The van der Waals surface area contributed by atoms with E-state index in [1.165, 1.54) is 32.1 Å². The van der Waals surface area contributed by atoms with E-state index < -0.39 is 0 Å². The Hall–Kier alpha value is -0.530. The average Bonchev–Trinajstić information content (AvgIpc) is 3.06. The number of carbonyl (C=O) groups excluding carboxylic acids is 1. The molecule has 1 amide bonds. The lowest BCUT2D eigenvalue weighted by Gasteiger charge is -2.22. The molecule has 0 aromatic carbocycles. The molecular weight excluding hydrogens is 391 g/mol. The fourth-order valence-electron chi connectivity index (χ4n) is 3.74. The first-order valence-corrected chi connectivity index (χ1v) is 8.32. The summed E-state index contributed by atoms with van der Waals surface area (Å²) in [7, 11) is 3.51. The number of likely N-dealkylation sites (N-methyl/N-ethyl adjacent to an activating group) is 1. The molecule has 0 aromatic rings. The van der Waals surface area contributed by atoms with Crippen molar-refractivity contribution in [2.75, 3.05) is 33.7 Å². The average molecular weight is 422 g/mol. The molecule has 0 radical (unpaired) electrons. The number of nitrogens with zero attached hydrogens (tertiary/aromatic N) is 2. The predicted molar refractivity (Wildman–Crippen MR) is 102 cm³/mol. The highest BCUT2D eigenvalue weighted by Crippen LogP contribution is 2.49. The van der Waals surface area contributed by atoms with Crippen molar-refractivity contribution in [3.63, 3.8) is 0 Å². The van der Waals surface area contributed by atoms with Crippen LogP contribution in [-0.2, 0) is 4.79 Å². The summed E-state index contributed by atoms with van der Waals surface area (Å²) in [6, 6.07) is 0. The van der Waals surface area contributed by atoms with Crippen molar-refractivity contribution < 1.29 is 4.79 Å². The fourth-order valence-corrected chi connectivity index (χ4v) is 3.74. The minimum Gasteiger partial charge on any atom is -0.357 e. The molecule has 22 heavy (non-hydrogen) atoms. The highest BCUT2D eigenvalue weighted by Gasteiger charge is 2.38. The molecule has 2 saturated carbocycles. The van der Waals surface area contributed by atoms with Crippen LogP contribution in [0.1, 0.15) is 39.0 Å². The molecule has 2 aliphatic carbocycles. The quantitative estimate of drug-likeness (QED) is 0.392. The second-order valence-electron chi connectivity index (χ2n) is 6.63. The van der Waals surface area contributed by atoms with Gasteiger partial charge in [-0.05, 0) is 50.4 Å². The predicted octanol–water partition coefficient (Wildman–Crippen LogP) is 2.07. The van der Waals surface area contributed by atoms with Crippen LogP contribution in [0.5, 0.6) is 0 Å². The molecule has 128 valence electrons. The molecule has 0 aliphatic heterocycles. The van der Waals surface area contributed by atoms with Crippen molar-refractivity contribution in [2.45, 2.75) is 39.0 Å². The number of rotatable bonds is 6. The van der Waals surface area contributed by atoms with Crippen molar-refractivity contribution >= 4 is 35.8 Å². The summed E-state index contributed by atoms with van der Waals surface area (Å²) in [4.78, 5) is 17.5. The van der Waals surface area contributed by atoms with Gasteiger partial charge in [-0.15, -0.1) is 24.0 Å². The van der Waals surface area contributed by atoms with Crippen LogP contribution in [0.25, 0.3) is 0 Å². The van der Waals surface area contributed by atoms with Gasteiger partial charge in [0.25, 0.3) is 0 Å². The van der Waals surface area contributed by atoms with E-state index in [1.54, 1.807) is 19.0 Å². The largest absolute Gasteiger partial charge is 0.357 e. The number of nitrogens with one attached hydrogen (secondary N) is 2. The summed E-state index contributed by atoms with van der Waals surface area (Å²) < 4.78 is 0. The van der Waals surface area contributed by atoms with Crippen LogP contribution in [0.3, 0.4) is 0 Å². The number of amides is 1. The van der Waals surface area contributed by atoms with Crippen LogP contribution < -0.4 is 10.6 Å². The summed E-state index contributed by atoms with van der Waals surface area (Å²) in [6.45, 7) is 4.02. The van der Waals surface area contributed by atoms with Gasteiger partial charge in [-0.2, -0.15) is 0 Å². The molecular formula is C16H31IN4O. The zero-order valence-corrected chi connectivity index (χ0v) is 16.4. The number of guanidine groups is 1. The van der Waals surface area contributed by atoms with Crippen molar-refractivity contribution in [1.82, 2.24) is 15.5 Å². The number of hydrogen-bond donors (Lipinski definition) is 2. The molecule has 6 heteroatoms. The molecule has 5 nitrogen and oxygen atoms in total. The third kappa shape index (κ3) is 5.59. The van der Waals surface area contributed by atoms with Gasteiger partial charge in [0.1, 0.15) is 6.54 Å². The Kier molecular flexibility index (Phi) is 8.49. The monoisotopic (exact) mass is 422 g/mol. The van der Waals surface area contributed by atoms with Crippen molar-refractivity contribution in [1.29, 1.82) is 0 Å². The Labute approximate surface area is 151 Å². The van der Waals surface area contributed by atoms with E-state index in [9.17, 15) is 4.79 Å². The van der Waals surface area contributed by atoms with Crippen LogP contribution in [0.15, 0.2) is 4.99 Å². The smallest absolute Gasteiger partial charge is 0.243 e. The molecule has 0 spiro atoms. The van der Waals surface area contributed by atoms with Crippen LogP contribution in [-0.4, -0.2) is 50.5 Å². The van der Waals surface area contributed by atoms with Crippen LogP contribution in [0, 0.1) is 17.8 Å². The maximum atomic E-state index is 11.6. The summed E-state index contributed by atoms with van der Waals surface area (Å²) in [5.41, 5.74) is 0. The first kappa shape index (κ1) is 19.5. The Balaban J connectivity index is 0.00000242. The molecule has 2 bridgehead atoms. The van der Waals surface area contributed by atoms with Gasteiger partial charge in [0.2, 0.25) is 5.91 Å². The molecule has 0 heterocycles. The van der Waals surface area contributed by atoms with E-state index in [4.69, 9.17) is 0 Å². The van der Waals surface area contributed by atoms with Gasteiger partial charge in [-0.1, -0.05) is 6.42 Å². The highest BCUT2D eigenvalue weighted by atomic mass is 127. The van der Waals surface area contributed by atoms with Gasteiger partial charge in [0, 0.05) is 27.2 Å². The van der Waals surface area contributed by atoms with E-state index in [0.717, 1.165) is 36.8 Å². The van der Waals surface area contributed by atoms with Crippen molar-refractivity contribution in [3.05, 3.63) is 0 Å². The SMILES string of the molecule is CCNC(=NCC(=O)N(C)C)NCCC1CC2CCC1C2.I. The Morgan fingerprint density at radius 3 is 2.55 bits per heavy atom. The van der Waals surface area contributed by atoms with Gasteiger partial charge in [0.15, 0.2) is 5.96 Å². The molecule has 3 atom stereocenters. The van der Waals surface area contributed by atoms with E-state index in [0.29, 0.717) is 0 Å². The first-order chi connectivity index (χ1) is 10.1. The van der Waals surface area contributed by atoms with E-state index in [2.05, 4.69) is 15.6 Å². The van der Waals surface area contributed by atoms with E-state index in [-0.39, 0.29) is 36.4 Å². The molecule has 3 unspecified atom stereocenters. The zero-order chi connectivity index (χ0) is 15.2. The zero-order valence-electron chi connectivity index (χ0n) is 14.1. The molecule has 0 aromatic heterocycles. The lowest BCUT2D eigenvalue weighted by molar-refractivity contribution is -0.127. The maximum absolute atomic E-state index is 11.6. The molecule has 2 aliphatic rings. The normalized spacial score (nSPS) is 26.5. The minimum atomic E-state index is 0. The van der Waals surface area contributed by atoms with E-state index >= 15 is 0 Å². The molecule has 0 saturated heterocycles. The van der Waals surface area contributed by atoms with Gasteiger partial charge < -0.3 is 15.5 Å². The minimum absolute atomic E-state index is 0. The second kappa shape index (κ2) is 9.57. The maximum Gasteiger partial charge on any atom is 0.243 e. The topological polar surface area (TPSA) is 56.7 Å². The van der Waals surface area contributed by atoms with Gasteiger partial charge >= 0.3 is 0 Å². The number of aliphatic imine (C=N–C) groups is 1. The van der Waals surface area contributed by atoms with Crippen LogP contribution in [0.2, 0.25) is 0 Å². The lowest BCUT2D eigenvalue weighted by atomic mass is 9.86. The lowest BCUT2D eigenvalue weighted by Crippen LogP contribution is -2.39. The second-order valence-corrected chi connectivity index (χ2v) is 6.63. The highest BCUT2D eigenvalue weighted by molar-refractivity contribution is 14.0. The number of halogens is 1. The van der Waals surface area contributed by atoms with Gasteiger partial charge in [-0.3, -0.25) is 4.79 Å². The van der Waals surface area contributed by atoms with Crippen LogP contribution in [0.4, 0.5) is 0 Å². The first-order valence-electron chi connectivity index (χ1n) is 8.32. The standard InChI is InChI=1S/C16H30N4O.HI/c1-4-17-16(19-11-15(21)20(2)3)18-8-7-14-10-12-5-6-13(14)9-12;/h12-14H,4-11H2,1-3H3,(H2,17,18,19);1H. The molecule has 2 rings (SSSR count). The third-order valence-corrected chi connectivity index (χ3v) is 4.91. The number of hydrogen-bond acceptors (Lipinski definition) is 2. The molecule has 2 fully saturated rings. The Morgan fingerprint density at radius 2 is 2.00 bits per heavy atom. The number of fused-ring (bicyclic) bond motifs is 2. The summed E-state index contributed by atoms with van der Waals surface area (Å²) in [5.74, 6) is 3.69. The Bertz CT molecular complexity index is 386. The fraction of sp³-hybridized carbons (Fsp3) is 0.875. The van der Waals surface area contributed by atoms with Crippen molar-refractivity contribution in [2.24, 2.45) is 22.7 Å². The summed E-state index contributed by atoms with van der Waals surface area (Å²) in [5, 5.41) is 6.57. The van der Waals surface area contributed by atoms with Crippen LogP contribution >= 0.6 is 24.0 Å². The molecule has 2 N–H and O–H groups in total. The summed E-state index contributed by atoms with van der Waals surface area (Å²) >= 11 is 0. The van der Waals surface area contributed by atoms with Gasteiger partial charge in [-0.25, -0.2) is 4.99 Å².